The fraction of sp³-hybridized carbons (Fsp3) is 0.750. The van der Waals surface area contributed by atoms with Crippen LogP contribution in [0.25, 0.3) is 0 Å². The molecule has 1 rings (SSSR count). The highest BCUT2D eigenvalue weighted by atomic mass is 16.4. The molecule has 0 heterocycles. The molecule has 0 saturated carbocycles. The van der Waals surface area contributed by atoms with Gasteiger partial charge in [0.05, 0.1) is 11.8 Å². The van der Waals surface area contributed by atoms with Crippen molar-refractivity contribution in [2.75, 3.05) is 0 Å². The van der Waals surface area contributed by atoms with Gasteiger partial charge in [-0.1, -0.05) is 57.6 Å². The number of carboxylic acid groups (broad SMARTS) is 3. The maximum absolute atomic E-state index is 11.8. The van der Waals surface area contributed by atoms with E-state index >= 15 is 0 Å². The van der Waals surface area contributed by atoms with E-state index in [9.17, 15) is 24.6 Å². The number of carboxylic acids is 3. The Labute approximate surface area is 155 Å². The summed E-state index contributed by atoms with van der Waals surface area (Å²) in [4.78, 5) is 34.0. The number of hydrogen-bond acceptors (Lipinski definition) is 3. The molecule has 1 aliphatic carbocycles. The van der Waals surface area contributed by atoms with E-state index in [0.29, 0.717) is 19.3 Å². The monoisotopic (exact) mass is 368 g/mol. The van der Waals surface area contributed by atoms with Gasteiger partial charge in [-0.15, -0.1) is 0 Å². The lowest BCUT2D eigenvalue weighted by atomic mass is 9.68. The lowest BCUT2D eigenvalue weighted by molar-refractivity contribution is -0.158. The lowest BCUT2D eigenvalue weighted by Crippen LogP contribution is -2.41. The highest BCUT2D eigenvalue weighted by Gasteiger charge is 2.44. The second kappa shape index (κ2) is 11.7. The topological polar surface area (TPSA) is 112 Å². The zero-order valence-electron chi connectivity index (χ0n) is 15.6. The molecule has 0 spiro atoms. The summed E-state index contributed by atoms with van der Waals surface area (Å²) in [6, 6.07) is 0. The summed E-state index contributed by atoms with van der Waals surface area (Å²) in [5, 5.41) is 27.9. The minimum Gasteiger partial charge on any atom is -0.481 e. The van der Waals surface area contributed by atoms with Crippen LogP contribution in [0.4, 0.5) is 0 Å². The van der Waals surface area contributed by atoms with E-state index in [1.54, 1.807) is 0 Å². The van der Waals surface area contributed by atoms with E-state index < -0.39 is 29.7 Å². The van der Waals surface area contributed by atoms with Crippen LogP contribution in [-0.4, -0.2) is 33.2 Å². The molecule has 1 aliphatic rings. The van der Waals surface area contributed by atoms with Crippen molar-refractivity contribution in [3.63, 3.8) is 0 Å². The van der Waals surface area contributed by atoms with Crippen LogP contribution in [0.1, 0.15) is 71.1 Å². The van der Waals surface area contributed by atoms with Gasteiger partial charge >= 0.3 is 17.9 Å². The molecule has 26 heavy (non-hydrogen) atoms. The summed E-state index contributed by atoms with van der Waals surface area (Å²) < 4.78 is 0. The van der Waals surface area contributed by atoms with Gasteiger partial charge in [-0.3, -0.25) is 14.4 Å². The fourth-order valence-electron chi connectivity index (χ4n) is 3.91. The van der Waals surface area contributed by atoms with Crippen molar-refractivity contribution in [3.05, 3.63) is 12.2 Å². The predicted octanol–water partition coefficient (Wildman–Crippen LogP) is 4.20. The average molecular weight is 368 g/mol. The Morgan fingerprint density at radius 1 is 0.731 bits per heavy atom. The Hall–Kier alpha value is -1.85. The van der Waals surface area contributed by atoms with Gasteiger partial charge in [0, 0.05) is 6.42 Å². The van der Waals surface area contributed by atoms with E-state index in [2.05, 4.69) is 0 Å². The molecule has 0 radical (unpaired) electrons. The molecule has 6 heteroatoms. The first-order valence-electron chi connectivity index (χ1n) is 9.74. The molecular weight excluding hydrogens is 336 g/mol. The van der Waals surface area contributed by atoms with Gasteiger partial charge in [0.15, 0.2) is 0 Å². The summed E-state index contributed by atoms with van der Waals surface area (Å²) in [6.07, 6.45) is 11.4. The van der Waals surface area contributed by atoms with Crippen LogP contribution < -0.4 is 0 Å². The highest BCUT2D eigenvalue weighted by molar-refractivity contribution is 5.81. The van der Waals surface area contributed by atoms with Crippen molar-refractivity contribution in [1.29, 1.82) is 0 Å². The molecule has 4 unspecified atom stereocenters. The third-order valence-electron chi connectivity index (χ3n) is 5.30. The first kappa shape index (κ1) is 22.2. The van der Waals surface area contributed by atoms with Crippen molar-refractivity contribution >= 4 is 17.9 Å². The molecule has 0 saturated heterocycles. The predicted molar refractivity (Wildman–Crippen MR) is 97.9 cm³/mol. The van der Waals surface area contributed by atoms with Crippen LogP contribution in [-0.2, 0) is 14.4 Å². The lowest BCUT2D eigenvalue weighted by Gasteiger charge is -2.35. The van der Waals surface area contributed by atoms with E-state index in [1.165, 1.54) is 0 Å². The van der Waals surface area contributed by atoms with Gasteiger partial charge in [-0.25, -0.2) is 0 Å². The van der Waals surface area contributed by atoms with Gasteiger partial charge in [0.25, 0.3) is 0 Å². The summed E-state index contributed by atoms with van der Waals surface area (Å²) in [6.45, 7) is 2.04. The number of aliphatic carboxylic acids is 3. The minimum absolute atomic E-state index is 0.186. The van der Waals surface area contributed by atoms with Crippen molar-refractivity contribution < 1.29 is 29.7 Å². The molecule has 0 fully saturated rings. The Morgan fingerprint density at radius 2 is 1.19 bits per heavy atom. The summed E-state index contributed by atoms with van der Waals surface area (Å²) in [5.74, 6) is -4.99. The van der Waals surface area contributed by atoms with Gasteiger partial charge in [-0.05, 0) is 31.1 Å². The second-order valence-corrected chi connectivity index (χ2v) is 7.28. The highest BCUT2D eigenvalue weighted by Crippen LogP contribution is 2.39. The standard InChI is InChI=1S/C20H32O6/c1-2-3-9-14-12-13-15(18(20(25)26)17(14)19(23)24)10-7-5-4-6-8-11-16(21)22/h12-15,17-18H,2-11H2,1H3,(H,21,22)(H,23,24)(H,25,26). The molecule has 0 bridgehead atoms. The van der Waals surface area contributed by atoms with E-state index in [0.717, 1.165) is 38.5 Å². The van der Waals surface area contributed by atoms with Crippen molar-refractivity contribution in [3.8, 4) is 0 Å². The fourth-order valence-corrected chi connectivity index (χ4v) is 3.91. The van der Waals surface area contributed by atoms with Crippen LogP contribution in [0.5, 0.6) is 0 Å². The number of rotatable bonds is 13. The SMILES string of the molecule is CCCCC1C=CC(CCCCCCCC(=O)O)C(C(=O)O)C1C(=O)O. The zero-order valence-corrected chi connectivity index (χ0v) is 15.6. The van der Waals surface area contributed by atoms with Gasteiger partial charge in [0.2, 0.25) is 0 Å². The second-order valence-electron chi connectivity index (χ2n) is 7.28. The Bertz CT molecular complexity index is 499. The largest absolute Gasteiger partial charge is 0.481 e. The maximum Gasteiger partial charge on any atom is 0.307 e. The van der Waals surface area contributed by atoms with Crippen LogP contribution in [0.15, 0.2) is 12.2 Å². The van der Waals surface area contributed by atoms with Crippen LogP contribution >= 0.6 is 0 Å². The molecular formula is C20H32O6. The molecule has 0 aliphatic heterocycles. The molecule has 4 atom stereocenters. The molecule has 3 N–H and O–H groups in total. The number of hydrogen-bond donors (Lipinski definition) is 3. The number of allylic oxidation sites excluding steroid dienone is 2. The number of unbranched alkanes of at least 4 members (excludes halogenated alkanes) is 5. The van der Waals surface area contributed by atoms with Crippen molar-refractivity contribution in [2.24, 2.45) is 23.7 Å². The summed E-state index contributed by atoms with van der Waals surface area (Å²) in [5.41, 5.74) is 0. The van der Waals surface area contributed by atoms with Crippen LogP contribution in [0, 0.1) is 23.7 Å². The summed E-state index contributed by atoms with van der Waals surface area (Å²) >= 11 is 0. The Morgan fingerprint density at radius 3 is 1.65 bits per heavy atom. The third-order valence-corrected chi connectivity index (χ3v) is 5.30. The van der Waals surface area contributed by atoms with Gasteiger partial charge in [-0.2, -0.15) is 0 Å². The quantitative estimate of drug-likeness (QED) is 0.332. The first-order chi connectivity index (χ1) is 12.4. The normalized spacial score (nSPS) is 25.1. The average Bonchev–Trinajstić information content (AvgIpc) is 2.58. The van der Waals surface area contributed by atoms with E-state index in [-0.39, 0.29) is 18.3 Å². The Balaban J connectivity index is 2.58. The van der Waals surface area contributed by atoms with Gasteiger partial charge < -0.3 is 15.3 Å². The van der Waals surface area contributed by atoms with Crippen molar-refractivity contribution in [2.45, 2.75) is 71.1 Å². The molecule has 0 aromatic heterocycles. The molecule has 0 aromatic carbocycles. The summed E-state index contributed by atoms with van der Waals surface area (Å²) in [7, 11) is 0. The maximum atomic E-state index is 11.8. The minimum atomic E-state index is -1.02. The van der Waals surface area contributed by atoms with E-state index in [1.807, 2.05) is 19.1 Å². The molecule has 0 amide bonds. The molecule has 6 nitrogen and oxygen atoms in total. The third kappa shape index (κ3) is 7.18. The van der Waals surface area contributed by atoms with Crippen LogP contribution in [0.2, 0.25) is 0 Å². The molecule has 148 valence electrons. The smallest absolute Gasteiger partial charge is 0.307 e. The van der Waals surface area contributed by atoms with Crippen LogP contribution in [0.3, 0.4) is 0 Å². The Kier molecular flexibility index (Phi) is 9.99. The molecule has 0 aromatic rings. The van der Waals surface area contributed by atoms with Crippen molar-refractivity contribution in [1.82, 2.24) is 0 Å². The first-order valence-corrected chi connectivity index (χ1v) is 9.74. The zero-order chi connectivity index (χ0) is 19.5. The van der Waals surface area contributed by atoms with Gasteiger partial charge in [0.1, 0.15) is 0 Å². The van der Waals surface area contributed by atoms with E-state index in [4.69, 9.17) is 5.11 Å². The number of carbonyl (C=O) groups is 3.